The van der Waals surface area contributed by atoms with E-state index < -0.39 is 0 Å². The van der Waals surface area contributed by atoms with Crippen LogP contribution in [-0.4, -0.2) is 73.6 Å². The summed E-state index contributed by atoms with van der Waals surface area (Å²) in [5, 5.41) is 6.11. The molecule has 1 fully saturated rings. The number of nitrogens with one attached hydrogen (secondary N) is 2. The van der Waals surface area contributed by atoms with Crippen LogP contribution in [-0.2, 0) is 16.0 Å². The minimum atomic E-state index is -0.280. The predicted molar refractivity (Wildman–Crippen MR) is 126 cm³/mol. The van der Waals surface area contributed by atoms with Crippen LogP contribution in [0.4, 0.5) is 10.5 Å². The molecular weight excluding hydrogens is 485 g/mol. The monoisotopic (exact) mass is 517 g/mol. The first-order valence-corrected chi connectivity index (χ1v) is 9.91. The van der Waals surface area contributed by atoms with Crippen molar-refractivity contribution in [3.63, 3.8) is 0 Å². The molecule has 1 aliphatic heterocycles. The topological polar surface area (TPSA) is 86.3 Å². The molecule has 0 aliphatic carbocycles. The highest BCUT2D eigenvalue weighted by Gasteiger charge is 2.23. The summed E-state index contributed by atoms with van der Waals surface area (Å²) in [5.41, 5.74) is 1.96. The van der Waals surface area contributed by atoms with Crippen molar-refractivity contribution >= 4 is 47.6 Å². The van der Waals surface area contributed by atoms with Crippen LogP contribution in [0.5, 0.6) is 0 Å². The number of carbonyl (C=O) groups is 2. The van der Waals surface area contributed by atoms with Crippen LogP contribution in [0.15, 0.2) is 29.3 Å². The number of rotatable bonds is 6. The van der Waals surface area contributed by atoms with E-state index in [9.17, 15) is 9.59 Å². The van der Waals surface area contributed by atoms with Gasteiger partial charge in [0.05, 0.1) is 6.61 Å². The Hall–Kier alpha value is -2.04. The van der Waals surface area contributed by atoms with E-state index in [0.29, 0.717) is 45.3 Å². The molecule has 162 valence electrons. The van der Waals surface area contributed by atoms with Gasteiger partial charge in [-0.05, 0) is 38.0 Å². The van der Waals surface area contributed by atoms with E-state index in [1.165, 1.54) is 5.56 Å². The maximum absolute atomic E-state index is 12.3. The lowest BCUT2D eigenvalue weighted by molar-refractivity contribution is -0.114. The van der Waals surface area contributed by atoms with Gasteiger partial charge < -0.3 is 25.2 Å². The van der Waals surface area contributed by atoms with E-state index in [4.69, 9.17) is 4.74 Å². The summed E-state index contributed by atoms with van der Waals surface area (Å²) >= 11 is 0. The fourth-order valence-corrected chi connectivity index (χ4v) is 2.96. The Morgan fingerprint density at radius 2 is 1.79 bits per heavy atom. The van der Waals surface area contributed by atoms with E-state index in [0.717, 1.165) is 12.1 Å². The smallest absolute Gasteiger partial charge is 0.409 e. The Balaban J connectivity index is 0.00000420. The van der Waals surface area contributed by atoms with E-state index in [-0.39, 0.29) is 42.5 Å². The number of guanidine groups is 1. The molecule has 8 nitrogen and oxygen atoms in total. The van der Waals surface area contributed by atoms with Crippen LogP contribution >= 0.6 is 24.0 Å². The second kappa shape index (κ2) is 13.2. The highest BCUT2D eigenvalue weighted by Crippen LogP contribution is 2.11. The normalized spacial score (nSPS) is 14.1. The molecule has 0 saturated carbocycles. The number of amides is 2. The number of aryl methyl sites for hydroxylation is 1. The molecule has 0 unspecified atom stereocenters. The van der Waals surface area contributed by atoms with E-state index in [1.54, 1.807) is 11.8 Å². The van der Waals surface area contributed by atoms with Crippen molar-refractivity contribution in [1.29, 1.82) is 0 Å². The predicted octanol–water partition coefficient (Wildman–Crippen LogP) is 2.55. The molecule has 9 heteroatoms. The average Bonchev–Trinajstić information content (AvgIpc) is 2.71. The molecule has 0 spiro atoms. The third-order valence-corrected chi connectivity index (χ3v) is 4.43. The standard InChI is InChI=1S/C20H31N5O3.HI/c1-4-16-8-7-9-17(14-16)23-18(26)15-22-19(21-5-2)24-10-12-25(13-11-24)20(27)28-6-3;/h7-9,14H,4-6,10-13,15H2,1-3H3,(H,21,22)(H,23,26);1H. The molecule has 0 atom stereocenters. The molecule has 1 aromatic carbocycles. The zero-order valence-electron chi connectivity index (χ0n) is 17.4. The molecule has 1 aromatic rings. The van der Waals surface area contributed by atoms with Crippen molar-refractivity contribution in [3.05, 3.63) is 29.8 Å². The Morgan fingerprint density at radius 3 is 2.41 bits per heavy atom. The van der Waals surface area contributed by atoms with E-state index >= 15 is 0 Å². The summed E-state index contributed by atoms with van der Waals surface area (Å²) in [7, 11) is 0. The molecule has 2 rings (SSSR count). The summed E-state index contributed by atoms with van der Waals surface area (Å²) in [6.45, 7) is 9.41. The van der Waals surface area contributed by atoms with Gasteiger partial charge in [0.15, 0.2) is 5.96 Å². The van der Waals surface area contributed by atoms with Crippen LogP contribution in [0.3, 0.4) is 0 Å². The summed E-state index contributed by atoms with van der Waals surface area (Å²) < 4.78 is 5.05. The van der Waals surface area contributed by atoms with Crippen LogP contribution in [0.1, 0.15) is 26.3 Å². The second-order valence-electron chi connectivity index (χ2n) is 6.45. The summed E-state index contributed by atoms with van der Waals surface area (Å²) in [6.07, 6.45) is 0.641. The number of ether oxygens (including phenoxy) is 1. The van der Waals surface area contributed by atoms with Crippen LogP contribution in [0, 0.1) is 0 Å². The summed E-state index contributed by atoms with van der Waals surface area (Å²) in [6, 6.07) is 7.82. The van der Waals surface area contributed by atoms with Crippen molar-refractivity contribution in [2.75, 3.05) is 51.2 Å². The SMILES string of the molecule is CCNC(=NCC(=O)Nc1cccc(CC)c1)N1CCN(C(=O)OCC)CC1.I. The minimum Gasteiger partial charge on any atom is -0.450 e. The lowest BCUT2D eigenvalue weighted by atomic mass is 10.1. The number of hydrogen-bond donors (Lipinski definition) is 2. The number of hydrogen-bond acceptors (Lipinski definition) is 4. The maximum atomic E-state index is 12.3. The Kier molecular flexibility index (Phi) is 11.4. The van der Waals surface area contributed by atoms with Crippen LogP contribution in [0.25, 0.3) is 0 Å². The molecule has 1 saturated heterocycles. The van der Waals surface area contributed by atoms with Crippen molar-refractivity contribution in [1.82, 2.24) is 15.1 Å². The first-order valence-electron chi connectivity index (χ1n) is 9.91. The fourth-order valence-electron chi connectivity index (χ4n) is 2.96. The number of benzene rings is 1. The first-order chi connectivity index (χ1) is 13.6. The largest absolute Gasteiger partial charge is 0.450 e. The Morgan fingerprint density at radius 1 is 1.10 bits per heavy atom. The summed E-state index contributed by atoms with van der Waals surface area (Å²) in [4.78, 5) is 32.3. The quantitative estimate of drug-likeness (QED) is 0.344. The molecule has 1 aliphatic rings. The van der Waals surface area contributed by atoms with Gasteiger partial charge in [0.1, 0.15) is 6.54 Å². The Bertz CT molecular complexity index is 690. The number of aliphatic imine (C=N–C) groups is 1. The van der Waals surface area contributed by atoms with Crippen molar-refractivity contribution in [3.8, 4) is 0 Å². The molecule has 2 amide bonds. The number of carbonyl (C=O) groups excluding carboxylic acids is 2. The molecule has 1 heterocycles. The van der Waals surface area contributed by atoms with Crippen LogP contribution < -0.4 is 10.6 Å². The van der Waals surface area contributed by atoms with Gasteiger partial charge in [-0.25, -0.2) is 9.79 Å². The van der Waals surface area contributed by atoms with Gasteiger partial charge in [-0.1, -0.05) is 19.1 Å². The van der Waals surface area contributed by atoms with Gasteiger partial charge in [-0.3, -0.25) is 4.79 Å². The number of piperazine rings is 1. The second-order valence-corrected chi connectivity index (χ2v) is 6.45. The highest BCUT2D eigenvalue weighted by atomic mass is 127. The van der Waals surface area contributed by atoms with Crippen molar-refractivity contribution in [2.45, 2.75) is 27.2 Å². The van der Waals surface area contributed by atoms with Gasteiger partial charge >= 0.3 is 6.09 Å². The lowest BCUT2D eigenvalue weighted by Crippen LogP contribution is -2.54. The van der Waals surface area contributed by atoms with E-state index in [2.05, 4.69) is 27.4 Å². The Labute approximate surface area is 190 Å². The zero-order valence-corrected chi connectivity index (χ0v) is 19.8. The molecule has 0 bridgehead atoms. The fraction of sp³-hybridized carbons (Fsp3) is 0.550. The first kappa shape index (κ1) is 25.0. The molecule has 0 aromatic heterocycles. The zero-order chi connectivity index (χ0) is 20.4. The number of nitrogens with zero attached hydrogens (tertiary/aromatic N) is 3. The van der Waals surface area contributed by atoms with E-state index in [1.807, 2.05) is 31.2 Å². The molecule has 29 heavy (non-hydrogen) atoms. The third-order valence-electron chi connectivity index (χ3n) is 4.43. The van der Waals surface area contributed by atoms with Gasteiger partial charge in [0, 0.05) is 38.4 Å². The van der Waals surface area contributed by atoms with Gasteiger partial charge in [-0.2, -0.15) is 0 Å². The maximum Gasteiger partial charge on any atom is 0.409 e. The molecule has 2 N–H and O–H groups in total. The molecular formula is C20H32IN5O3. The molecule has 0 radical (unpaired) electrons. The number of halogens is 1. The van der Waals surface area contributed by atoms with Crippen LogP contribution in [0.2, 0.25) is 0 Å². The van der Waals surface area contributed by atoms with Gasteiger partial charge in [-0.15, -0.1) is 24.0 Å². The highest BCUT2D eigenvalue weighted by molar-refractivity contribution is 14.0. The van der Waals surface area contributed by atoms with Gasteiger partial charge in [0.2, 0.25) is 5.91 Å². The van der Waals surface area contributed by atoms with Gasteiger partial charge in [0.25, 0.3) is 0 Å². The van der Waals surface area contributed by atoms with Crippen molar-refractivity contribution < 1.29 is 14.3 Å². The van der Waals surface area contributed by atoms with Crippen molar-refractivity contribution in [2.24, 2.45) is 4.99 Å². The third kappa shape index (κ3) is 8.08. The summed E-state index contributed by atoms with van der Waals surface area (Å²) in [5.74, 6) is 0.525. The minimum absolute atomic E-state index is 0. The lowest BCUT2D eigenvalue weighted by Gasteiger charge is -2.35. The average molecular weight is 517 g/mol. The number of anilines is 1.